The second kappa shape index (κ2) is 6.03. The minimum Gasteiger partial charge on any atom is -0.373 e. The Morgan fingerprint density at radius 3 is 2.87 bits per heavy atom. The van der Waals surface area contributed by atoms with Crippen molar-refractivity contribution in [2.45, 2.75) is 26.4 Å². The van der Waals surface area contributed by atoms with Crippen molar-refractivity contribution in [3.63, 3.8) is 0 Å². The molecule has 1 heterocycles. The summed E-state index contributed by atoms with van der Waals surface area (Å²) in [7, 11) is 2.07. The van der Waals surface area contributed by atoms with Crippen LogP contribution in [0.4, 0.5) is 0 Å². The van der Waals surface area contributed by atoms with E-state index >= 15 is 0 Å². The maximum absolute atomic E-state index is 10.7. The van der Waals surface area contributed by atoms with Crippen LogP contribution in [0.3, 0.4) is 0 Å². The first-order valence-corrected chi connectivity index (χ1v) is 5.57. The van der Waals surface area contributed by atoms with E-state index in [0.29, 0.717) is 12.0 Å². The number of carbonyl (C=O) groups excluding carboxylic acids is 1. The van der Waals surface area contributed by atoms with Gasteiger partial charge in [0.2, 0.25) is 0 Å². The molecule has 0 radical (unpaired) electrons. The van der Waals surface area contributed by atoms with Gasteiger partial charge in [0.15, 0.2) is 5.78 Å². The Morgan fingerprint density at radius 2 is 2.33 bits per heavy atom. The van der Waals surface area contributed by atoms with Gasteiger partial charge in [0.05, 0.1) is 12.7 Å². The summed E-state index contributed by atoms with van der Waals surface area (Å²) in [5.41, 5.74) is 0. The van der Waals surface area contributed by atoms with Crippen molar-refractivity contribution >= 4 is 5.78 Å². The number of epoxide rings is 1. The Balaban J connectivity index is 2.06. The minimum atomic E-state index is 0.114. The van der Waals surface area contributed by atoms with Crippen LogP contribution in [-0.2, 0) is 9.53 Å². The lowest BCUT2D eigenvalue weighted by molar-refractivity contribution is -0.112. The number of hydrogen-bond acceptors (Lipinski definition) is 3. The van der Waals surface area contributed by atoms with Gasteiger partial charge in [0.25, 0.3) is 0 Å². The van der Waals surface area contributed by atoms with Gasteiger partial charge >= 0.3 is 0 Å². The fourth-order valence-corrected chi connectivity index (χ4v) is 1.48. The third kappa shape index (κ3) is 5.70. The molecule has 2 atom stereocenters. The number of carbonyl (C=O) groups is 1. The van der Waals surface area contributed by atoms with E-state index in [-0.39, 0.29) is 5.78 Å². The van der Waals surface area contributed by atoms with Crippen molar-refractivity contribution in [2.75, 3.05) is 26.7 Å². The molecule has 0 amide bonds. The van der Waals surface area contributed by atoms with E-state index in [4.69, 9.17) is 4.74 Å². The molecule has 1 aliphatic heterocycles. The molecule has 1 aliphatic rings. The highest BCUT2D eigenvalue weighted by Gasteiger charge is 2.28. The number of likely N-dealkylation sites (N-methyl/N-ethyl adjacent to an activating group) is 1. The van der Waals surface area contributed by atoms with Crippen molar-refractivity contribution in [3.05, 3.63) is 12.2 Å². The van der Waals surface area contributed by atoms with E-state index < -0.39 is 0 Å². The van der Waals surface area contributed by atoms with Crippen molar-refractivity contribution < 1.29 is 9.53 Å². The number of nitrogens with zero attached hydrogens (tertiary/aromatic N) is 1. The molecule has 0 saturated carbocycles. The van der Waals surface area contributed by atoms with Gasteiger partial charge < -0.3 is 9.64 Å². The quantitative estimate of drug-likeness (QED) is 0.472. The molecule has 0 spiro atoms. The van der Waals surface area contributed by atoms with Crippen LogP contribution >= 0.6 is 0 Å². The minimum absolute atomic E-state index is 0.114. The molecule has 2 unspecified atom stereocenters. The third-order valence-electron chi connectivity index (χ3n) is 2.73. The predicted molar refractivity (Wildman–Crippen MR) is 60.8 cm³/mol. The van der Waals surface area contributed by atoms with E-state index in [2.05, 4.69) is 18.9 Å². The highest BCUT2D eigenvalue weighted by molar-refractivity contribution is 5.87. The fraction of sp³-hybridized carbons (Fsp3) is 0.750. The Hall–Kier alpha value is -0.670. The van der Waals surface area contributed by atoms with Crippen molar-refractivity contribution in [1.82, 2.24) is 4.90 Å². The van der Waals surface area contributed by atoms with Crippen LogP contribution in [0.15, 0.2) is 12.2 Å². The molecule has 3 nitrogen and oxygen atoms in total. The van der Waals surface area contributed by atoms with Crippen LogP contribution in [0, 0.1) is 5.92 Å². The largest absolute Gasteiger partial charge is 0.373 e. The predicted octanol–water partition coefficient (Wildman–Crippen LogP) is 1.49. The molecule has 15 heavy (non-hydrogen) atoms. The summed E-state index contributed by atoms with van der Waals surface area (Å²) >= 11 is 0. The van der Waals surface area contributed by atoms with Crippen molar-refractivity contribution in [2.24, 2.45) is 5.92 Å². The zero-order valence-corrected chi connectivity index (χ0v) is 9.90. The van der Waals surface area contributed by atoms with Gasteiger partial charge in [-0.3, -0.25) is 4.79 Å². The molecule has 1 rings (SSSR count). The van der Waals surface area contributed by atoms with Crippen LogP contribution in [0.1, 0.15) is 20.3 Å². The zero-order valence-electron chi connectivity index (χ0n) is 9.90. The Bertz CT molecular complexity index is 234. The number of hydrogen-bond donors (Lipinski definition) is 0. The summed E-state index contributed by atoms with van der Waals surface area (Å²) in [6.07, 6.45) is 5.21. The normalized spacial score (nSPS) is 22.3. The topological polar surface area (TPSA) is 32.8 Å². The van der Waals surface area contributed by atoms with Crippen LogP contribution < -0.4 is 0 Å². The van der Waals surface area contributed by atoms with Crippen LogP contribution in [0.2, 0.25) is 0 Å². The number of allylic oxidation sites excluding steroid dienone is 1. The molecule has 0 aromatic rings. The summed E-state index contributed by atoms with van der Waals surface area (Å²) in [5.74, 6) is 0.771. The van der Waals surface area contributed by atoms with E-state index in [1.807, 2.05) is 6.08 Å². The SMILES string of the molecule is CC(=O)/C=C/CN(C)CCC(C)C1CO1. The molecular formula is C12H21NO2. The fourth-order valence-electron chi connectivity index (χ4n) is 1.48. The van der Waals surface area contributed by atoms with Crippen molar-refractivity contribution in [1.29, 1.82) is 0 Å². The number of rotatable bonds is 7. The standard InChI is InChI=1S/C12H21NO2/c1-10(12-9-15-12)6-8-13(3)7-4-5-11(2)14/h4-5,10,12H,6-9H2,1-3H3/b5-4+. The van der Waals surface area contributed by atoms with E-state index in [1.54, 1.807) is 13.0 Å². The molecule has 0 aliphatic carbocycles. The first kappa shape index (κ1) is 12.4. The van der Waals surface area contributed by atoms with E-state index in [0.717, 1.165) is 26.1 Å². The summed E-state index contributed by atoms with van der Waals surface area (Å²) in [4.78, 5) is 12.9. The highest BCUT2D eigenvalue weighted by atomic mass is 16.6. The average molecular weight is 211 g/mol. The van der Waals surface area contributed by atoms with Gasteiger partial charge in [-0.05, 0) is 38.9 Å². The lowest BCUT2D eigenvalue weighted by Crippen LogP contribution is -2.22. The van der Waals surface area contributed by atoms with Crippen LogP contribution in [0.25, 0.3) is 0 Å². The maximum Gasteiger partial charge on any atom is 0.152 e. The highest BCUT2D eigenvalue weighted by Crippen LogP contribution is 2.22. The van der Waals surface area contributed by atoms with Crippen molar-refractivity contribution in [3.8, 4) is 0 Å². The van der Waals surface area contributed by atoms with Gasteiger partial charge in [-0.1, -0.05) is 13.0 Å². The molecule has 0 N–H and O–H groups in total. The smallest absolute Gasteiger partial charge is 0.152 e. The lowest BCUT2D eigenvalue weighted by Gasteiger charge is -2.16. The molecule has 3 heteroatoms. The molecule has 0 bridgehead atoms. The number of ketones is 1. The van der Waals surface area contributed by atoms with Gasteiger partial charge in [-0.2, -0.15) is 0 Å². The Morgan fingerprint density at radius 1 is 1.67 bits per heavy atom. The lowest BCUT2D eigenvalue weighted by atomic mass is 10.0. The van der Waals surface area contributed by atoms with Gasteiger partial charge in [-0.25, -0.2) is 0 Å². The molecule has 1 fully saturated rings. The Labute approximate surface area is 92.1 Å². The monoisotopic (exact) mass is 211 g/mol. The third-order valence-corrected chi connectivity index (χ3v) is 2.73. The summed E-state index contributed by atoms with van der Waals surface area (Å²) in [6.45, 7) is 6.65. The maximum atomic E-state index is 10.7. The second-order valence-corrected chi connectivity index (χ2v) is 4.41. The first-order chi connectivity index (χ1) is 7.09. The first-order valence-electron chi connectivity index (χ1n) is 5.57. The average Bonchev–Trinajstić information content (AvgIpc) is 2.96. The van der Waals surface area contributed by atoms with Crippen LogP contribution in [-0.4, -0.2) is 43.5 Å². The summed E-state index contributed by atoms with van der Waals surface area (Å²) in [5, 5.41) is 0. The summed E-state index contributed by atoms with van der Waals surface area (Å²) in [6, 6.07) is 0. The van der Waals surface area contributed by atoms with Crippen LogP contribution in [0.5, 0.6) is 0 Å². The molecular weight excluding hydrogens is 190 g/mol. The van der Waals surface area contributed by atoms with Gasteiger partial charge in [-0.15, -0.1) is 0 Å². The summed E-state index contributed by atoms with van der Waals surface area (Å²) < 4.78 is 5.24. The zero-order chi connectivity index (χ0) is 11.3. The van der Waals surface area contributed by atoms with Gasteiger partial charge in [0.1, 0.15) is 0 Å². The second-order valence-electron chi connectivity index (χ2n) is 4.41. The van der Waals surface area contributed by atoms with E-state index in [1.165, 1.54) is 0 Å². The molecule has 0 aromatic carbocycles. The molecule has 86 valence electrons. The Kier molecular flexibility index (Phi) is 4.99. The van der Waals surface area contributed by atoms with E-state index in [9.17, 15) is 4.79 Å². The van der Waals surface area contributed by atoms with Gasteiger partial charge in [0, 0.05) is 6.54 Å². The molecule has 0 aromatic heterocycles. The number of ether oxygens (including phenoxy) is 1. The molecule has 1 saturated heterocycles.